The van der Waals surface area contributed by atoms with Crippen LogP contribution in [0.2, 0.25) is 5.02 Å². The van der Waals surface area contributed by atoms with Gasteiger partial charge in [0.2, 0.25) is 5.89 Å². The summed E-state index contributed by atoms with van der Waals surface area (Å²) in [5, 5.41) is 6.72. The summed E-state index contributed by atoms with van der Waals surface area (Å²) < 4.78 is 5.32. The Labute approximate surface area is 142 Å². The zero-order valence-corrected chi connectivity index (χ0v) is 13.3. The Kier molecular flexibility index (Phi) is 3.70. The van der Waals surface area contributed by atoms with E-state index in [1.54, 1.807) is 12.2 Å². The second-order valence-electron chi connectivity index (χ2n) is 5.49. The molecule has 0 N–H and O–H groups in total. The number of halogens is 1. The fourth-order valence-corrected chi connectivity index (χ4v) is 3.01. The molecule has 1 aliphatic heterocycles. The minimum atomic E-state index is -0.580. The zero-order chi connectivity index (χ0) is 16.5. The van der Waals surface area contributed by atoms with E-state index in [2.05, 4.69) is 15.1 Å². The maximum Gasteiger partial charge on any atom is 0.260 e. The smallest absolute Gasteiger partial charge is 0.260 e. The van der Waals surface area contributed by atoms with Gasteiger partial charge in [0.05, 0.1) is 6.42 Å². The first-order valence-corrected chi connectivity index (χ1v) is 7.83. The summed E-state index contributed by atoms with van der Waals surface area (Å²) in [6, 6.07) is 11.8. The Morgan fingerprint density at radius 3 is 2.96 bits per heavy atom. The van der Waals surface area contributed by atoms with E-state index < -0.39 is 5.92 Å². The predicted molar refractivity (Wildman–Crippen MR) is 91.4 cm³/mol. The average Bonchev–Trinajstić information content (AvgIpc) is 3.03. The summed E-state index contributed by atoms with van der Waals surface area (Å²) >= 11 is 6.20. The number of hydrogen-bond acceptors (Lipinski definition) is 4. The molecule has 4 rings (SSSR count). The second-order valence-corrected chi connectivity index (χ2v) is 5.92. The van der Waals surface area contributed by atoms with Crippen molar-refractivity contribution in [3.63, 3.8) is 0 Å². The Hall–Kier alpha value is -2.79. The number of allylic oxidation sites excluding steroid dienone is 1. The van der Waals surface area contributed by atoms with Crippen molar-refractivity contribution in [3.05, 3.63) is 70.9 Å². The lowest BCUT2D eigenvalue weighted by molar-refractivity contribution is -0.118. The monoisotopic (exact) mass is 337 g/mol. The van der Waals surface area contributed by atoms with Gasteiger partial charge in [-0.25, -0.2) is 4.99 Å². The van der Waals surface area contributed by atoms with Crippen molar-refractivity contribution in [1.82, 2.24) is 10.1 Å². The number of dihydropyridines is 1. The number of amides is 1. The predicted octanol–water partition coefficient (Wildman–Crippen LogP) is 3.72. The Morgan fingerprint density at radius 2 is 2.08 bits per heavy atom. The van der Waals surface area contributed by atoms with Gasteiger partial charge in [-0.05, 0) is 34.5 Å². The number of fused-ring (bicyclic) bond motifs is 1. The Bertz CT molecular complexity index is 991. The minimum Gasteiger partial charge on any atom is -0.339 e. The van der Waals surface area contributed by atoms with Crippen molar-refractivity contribution in [2.24, 2.45) is 4.99 Å². The second kappa shape index (κ2) is 6.02. The number of nitrogens with zero attached hydrogens (tertiary/aromatic N) is 3. The summed E-state index contributed by atoms with van der Waals surface area (Å²) in [4.78, 5) is 19.9. The topological polar surface area (TPSA) is 68.3 Å². The summed E-state index contributed by atoms with van der Waals surface area (Å²) in [5.74, 6) is -0.107. The van der Waals surface area contributed by atoms with Gasteiger partial charge in [-0.1, -0.05) is 47.1 Å². The zero-order valence-electron chi connectivity index (χ0n) is 12.5. The molecule has 0 aliphatic carbocycles. The van der Waals surface area contributed by atoms with Gasteiger partial charge >= 0.3 is 0 Å². The van der Waals surface area contributed by atoms with E-state index in [0.29, 0.717) is 23.2 Å². The van der Waals surface area contributed by atoms with Crippen molar-refractivity contribution in [1.29, 1.82) is 0 Å². The minimum absolute atomic E-state index is 0.293. The van der Waals surface area contributed by atoms with E-state index in [0.717, 1.165) is 16.3 Å². The number of rotatable bonds is 3. The number of aliphatic imine (C=N–C) groups is 1. The maximum absolute atomic E-state index is 11.8. The van der Waals surface area contributed by atoms with Crippen LogP contribution in [-0.4, -0.2) is 22.3 Å². The number of carbonyl (C=O) groups is 1. The third-order valence-electron chi connectivity index (χ3n) is 3.87. The third-order valence-corrected chi connectivity index (χ3v) is 4.09. The van der Waals surface area contributed by atoms with Crippen LogP contribution in [0.25, 0.3) is 10.8 Å². The molecule has 1 unspecified atom stereocenters. The molecule has 2 heterocycles. The molecule has 24 heavy (non-hydrogen) atoms. The summed E-state index contributed by atoms with van der Waals surface area (Å²) in [6.45, 7) is 0. The van der Waals surface area contributed by atoms with Gasteiger partial charge in [0.1, 0.15) is 5.92 Å². The largest absolute Gasteiger partial charge is 0.339 e. The molecule has 0 fully saturated rings. The van der Waals surface area contributed by atoms with Gasteiger partial charge in [-0.3, -0.25) is 4.79 Å². The summed E-state index contributed by atoms with van der Waals surface area (Å²) in [5.41, 5.74) is 0.997. The fraction of sp³-hybridized carbons (Fsp3) is 0.111. The molecular formula is C18H12ClN3O2. The SMILES string of the molecule is O=C1N=CC=CC1c1noc(Cc2cc(Cl)cc3ccccc23)n1. The quantitative estimate of drug-likeness (QED) is 0.730. The van der Waals surface area contributed by atoms with Gasteiger partial charge in [-0.2, -0.15) is 4.98 Å². The Balaban J connectivity index is 1.66. The molecule has 1 aliphatic rings. The van der Waals surface area contributed by atoms with Crippen molar-refractivity contribution in [2.45, 2.75) is 12.3 Å². The molecule has 1 amide bonds. The molecular weight excluding hydrogens is 326 g/mol. The van der Waals surface area contributed by atoms with E-state index in [4.69, 9.17) is 16.1 Å². The van der Waals surface area contributed by atoms with Gasteiger partial charge in [0, 0.05) is 11.2 Å². The molecule has 118 valence electrons. The van der Waals surface area contributed by atoms with E-state index in [9.17, 15) is 4.79 Å². The molecule has 0 bridgehead atoms. The number of aromatic nitrogens is 2. The van der Waals surface area contributed by atoms with Crippen molar-refractivity contribution in [2.75, 3.05) is 0 Å². The lowest BCUT2D eigenvalue weighted by Crippen LogP contribution is -2.12. The molecule has 3 aromatic rings. The highest BCUT2D eigenvalue weighted by Crippen LogP contribution is 2.26. The average molecular weight is 338 g/mol. The van der Waals surface area contributed by atoms with E-state index >= 15 is 0 Å². The number of benzene rings is 2. The van der Waals surface area contributed by atoms with Crippen LogP contribution in [0.1, 0.15) is 23.2 Å². The van der Waals surface area contributed by atoms with Crippen LogP contribution < -0.4 is 0 Å². The van der Waals surface area contributed by atoms with Crippen molar-refractivity contribution in [3.8, 4) is 0 Å². The van der Waals surface area contributed by atoms with Gasteiger partial charge < -0.3 is 4.52 Å². The lowest BCUT2D eigenvalue weighted by atomic mass is 10.0. The first-order valence-electron chi connectivity index (χ1n) is 7.45. The summed E-state index contributed by atoms with van der Waals surface area (Å²) in [7, 11) is 0. The van der Waals surface area contributed by atoms with E-state index in [1.165, 1.54) is 6.21 Å². The van der Waals surface area contributed by atoms with Crippen LogP contribution in [0.3, 0.4) is 0 Å². The fourth-order valence-electron chi connectivity index (χ4n) is 2.76. The molecule has 6 heteroatoms. The van der Waals surface area contributed by atoms with Crippen LogP contribution in [-0.2, 0) is 11.2 Å². The maximum atomic E-state index is 11.8. The van der Waals surface area contributed by atoms with Crippen LogP contribution in [0, 0.1) is 0 Å². The van der Waals surface area contributed by atoms with Crippen molar-refractivity contribution < 1.29 is 9.32 Å². The molecule has 0 radical (unpaired) electrons. The van der Waals surface area contributed by atoms with E-state index in [-0.39, 0.29) is 5.91 Å². The molecule has 0 saturated heterocycles. The van der Waals surface area contributed by atoms with E-state index in [1.807, 2.05) is 36.4 Å². The van der Waals surface area contributed by atoms with Crippen LogP contribution >= 0.6 is 11.6 Å². The van der Waals surface area contributed by atoms with Gasteiger partial charge in [0.25, 0.3) is 5.91 Å². The third kappa shape index (κ3) is 2.74. The first kappa shape index (κ1) is 14.8. The van der Waals surface area contributed by atoms with Crippen LogP contribution in [0.4, 0.5) is 0 Å². The highest BCUT2D eigenvalue weighted by Gasteiger charge is 2.24. The summed E-state index contributed by atoms with van der Waals surface area (Å²) in [6.07, 6.45) is 5.31. The van der Waals surface area contributed by atoms with Crippen LogP contribution in [0.15, 0.2) is 58.1 Å². The lowest BCUT2D eigenvalue weighted by Gasteiger charge is -2.06. The van der Waals surface area contributed by atoms with Crippen LogP contribution in [0.5, 0.6) is 0 Å². The first-order chi connectivity index (χ1) is 11.7. The highest BCUT2D eigenvalue weighted by molar-refractivity contribution is 6.31. The normalized spacial score (nSPS) is 16.9. The van der Waals surface area contributed by atoms with Gasteiger partial charge in [-0.15, -0.1) is 0 Å². The van der Waals surface area contributed by atoms with Crippen molar-refractivity contribution >= 4 is 34.5 Å². The molecule has 5 nitrogen and oxygen atoms in total. The Morgan fingerprint density at radius 1 is 1.21 bits per heavy atom. The van der Waals surface area contributed by atoms with Gasteiger partial charge in [0.15, 0.2) is 5.82 Å². The molecule has 1 atom stereocenters. The standard InChI is InChI=1S/C18H12ClN3O2/c19-13-8-11-4-1-2-5-14(11)12(9-13)10-16-21-17(22-24-16)15-6-3-7-20-18(15)23/h1-9,15H,10H2. The molecule has 0 saturated carbocycles. The molecule has 1 aromatic heterocycles. The molecule has 2 aromatic carbocycles. The number of carbonyl (C=O) groups excluding carboxylic acids is 1. The highest BCUT2D eigenvalue weighted by atomic mass is 35.5. The number of hydrogen-bond donors (Lipinski definition) is 0. The molecule has 0 spiro atoms.